The summed E-state index contributed by atoms with van der Waals surface area (Å²) >= 11 is 11.0. The molecule has 96 valence electrons. The molecule has 0 aliphatic heterocycles. The van der Waals surface area contributed by atoms with Gasteiger partial charge < -0.3 is 9.55 Å². The second-order valence-electron chi connectivity index (χ2n) is 4.92. The first-order chi connectivity index (χ1) is 8.63. The number of aromatic nitrogens is 2. The largest absolute Gasteiger partial charge is 0.331 e. The Morgan fingerprint density at radius 1 is 1.50 bits per heavy atom. The molecule has 0 unspecified atom stereocenters. The number of hydrogen-bond donors (Lipinski definition) is 1. The first-order valence-electron chi connectivity index (χ1n) is 6.07. The molecule has 3 rings (SSSR count). The van der Waals surface area contributed by atoms with Crippen LogP contribution in [0.1, 0.15) is 19.3 Å². The van der Waals surface area contributed by atoms with Crippen LogP contribution in [0, 0.1) is 4.77 Å². The topological polar surface area (TPSA) is 20.7 Å². The van der Waals surface area contributed by atoms with Gasteiger partial charge in [0.25, 0.3) is 0 Å². The second-order valence-corrected chi connectivity index (χ2v) is 7.50. The number of benzene rings is 1. The summed E-state index contributed by atoms with van der Waals surface area (Å²) in [5.41, 5.74) is 2.33. The molecule has 5 heteroatoms. The van der Waals surface area contributed by atoms with E-state index in [1.54, 1.807) is 0 Å². The first-order valence-corrected chi connectivity index (χ1v) is 8.49. The molecule has 0 saturated heterocycles. The van der Waals surface area contributed by atoms with Crippen molar-refractivity contribution in [1.29, 1.82) is 0 Å². The van der Waals surface area contributed by atoms with Gasteiger partial charge in [-0.05, 0) is 49.5 Å². The summed E-state index contributed by atoms with van der Waals surface area (Å²) in [7, 11) is 0. The molecule has 0 bridgehead atoms. The first kappa shape index (κ1) is 12.8. The molecule has 0 atom stereocenters. The third-order valence-corrected chi connectivity index (χ3v) is 6.10. The van der Waals surface area contributed by atoms with Gasteiger partial charge in [-0.25, -0.2) is 0 Å². The highest BCUT2D eigenvalue weighted by Gasteiger charge is 2.36. The van der Waals surface area contributed by atoms with E-state index in [4.69, 9.17) is 12.2 Å². The van der Waals surface area contributed by atoms with Crippen molar-refractivity contribution < 1.29 is 0 Å². The zero-order valence-electron chi connectivity index (χ0n) is 10.2. The van der Waals surface area contributed by atoms with Crippen molar-refractivity contribution >= 4 is 50.9 Å². The molecule has 1 fully saturated rings. The SMILES string of the molecule is CSC1(Cn2c(=S)[nH]c3ccc(Br)cc32)CCC1. The molecule has 1 aromatic heterocycles. The molecular weight excluding hydrogens is 328 g/mol. The molecule has 18 heavy (non-hydrogen) atoms. The van der Waals surface area contributed by atoms with Crippen LogP contribution in [0.4, 0.5) is 0 Å². The minimum absolute atomic E-state index is 0.398. The molecule has 1 heterocycles. The lowest BCUT2D eigenvalue weighted by Crippen LogP contribution is -2.37. The Balaban J connectivity index is 2.08. The molecule has 1 saturated carbocycles. The molecule has 1 aliphatic carbocycles. The number of rotatable bonds is 3. The molecule has 2 aromatic rings. The van der Waals surface area contributed by atoms with Gasteiger partial charge in [0.15, 0.2) is 4.77 Å². The quantitative estimate of drug-likeness (QED) is 0.812. The number of halogens is 1. The third kappa shape index (κ3) is 2.06. The van der Waals surface area contributed by atoms with E-state index in [1.165, 1.54) is 24.8 Å². The number of nitrogens with one attached hydrogen (secondary N) is 1. The van der Waals surface area contributed by atoms with E-state index in [9.17, 15) is 0 Å². The average molecular weight is 343 g/mol. The van der Waals surface area contributed by atoms with Gasteiger partial charge in [0.2, 0.25) is 0 Å². The van der Waals surface area contributed by atoms with Crippen LogP contribution in [0.25, 0.3) is 11.0 Å². The molecule has 0 spiro atoms. The molecule has 0 radical (unpaired) electrons. The lowest BCUT2D eigenvalue weighted by Gasteiger charge is -2.40. The van der Waals surface area contributed by atoms with E-state index in [0.29, 0.717) is 4.75 Å². The van der Waals surface area contributed by atoms with Crippen LogP contribution in [0.2, 0.25) is 0 Å². The fourth-order valence-electron chi connectivity index (χ4n) is 2.57. The summed E-state index contributed by atoms with van der Waals surface area (Å²) in [6.45, 7) is 1.02. The molecular formula is C13H15BrN2S2. The normalized spacial score (nSPS) is 17.9. The van der Waals surface area contributed by atoms with Crippen molar-refractivity contribution in [3.8, 4) is 0 Å². The van der Waals surface area contributed by atoms with Crippen molar-refractivity contribution in [2.45, 2.75) is 30.6 Å². The predicted octanol–water partition coefficient (Wildman–Crippen LogP) is 4.75. The van der Waals surface area contributed by atoms with Gasteiger partial charge in [0, 0.05) is 15.8 Å². The monoisotopic (exact) mass is 342 g/mol. The molecule has 1 N–H and O–H groups in total. The number of imidazole rings is 1. The Morgan fingerprint density at radius 2 is 2.28 bits per heavy atom. The van der Waals surface area contributed by atoms with Crippen LogP contribution < -0.4 is 0 Å². The summed E-state index contributed by atoms with van der Waals surface area (Å²) in [6.07, 6.45) is 6.17. The standard InChI is InChI=1S/C13H15BrN2S2/c1-18-13(5-2-6-13)8-16-11-7-9(14)3-4-10(11)15-12(16)17/h3-4,7H,2,5-6,8H2,1H3,(H,15,17). The number of hydrogen-bond acceptors (Lipinski definition) is 2. The van der Waals surface area contributed by atoms with Gasteiger partial charge >= 0.3 is 0 Å². The Labute approximate surface area is 124 Å². The van der Waals surface area contributed by atoms with E-state index < -0.39 is 0 Å². The van der Waals surface area contributed by atoms with E-state index in [2.05, 4.69) is 43.9 Å². The Kier molecular flexibility index (Phi) is 3.32. The highest BCUT2D eigenvalue weighted by molar-refractivity contribution is 9.10. The fourth-order valence-corrected chi connectivity index (χ4v) is 4.15. The number of fused-ring (bicyclic) bond motifs is 1. The third-order valence-electron chi connectivity index (χ3n) is 3.88. The van der Waals surface area contributed by atoms with Gasteiger partial charge in [-0.3, -0.25) is 0 Å². The summed E-state index contributed by atoms with van der Waals surface area (Å²) < 4.78 is 4.59. The highest BCUT2D eigenvalue weighted by atomic mass is 79.9. The summed E-state index contributed by atoms with van der Waals surface area (Å²) in [4.78, 5) is 3.30. The molecule has 1 aliphatic rings. The number of nitrogens with zero attached hydrogens (tertiary/aromatic N) is 1. The van der Waals surface area contributed by atoms with E-state index in [0.717, 1.165) is 21.3 Å². The van der Waals surface area contributed by atoms with Crippen LogP contribution >= 0.6 is 39.9 Å². The minimum Gasteiger partial charge on any atom is -0.331 e. The average Bonchev–Trinajstić information content (AvgIpc) is 2.60. The molecule has 1 aromatic carbocycles. The van der Waals surface area contributed by atoms with Crippen molar-refractivity contribution in [3.05, 3.63) is 27.4 Å². The van der Waals surface area contributed by atoms with E-state index >= 15 is 0 Å². The van der Waals surface area contributed by atoms with Crippen LogP contribution in [0.5, 0.6) is 0 Å². The van der Waals surface area contributed by atoms with Crippen molar-refractivity contribution in [2.24, 2.45) is 0 Å². The molecule has 0 amide bonds. The van der Waals surface area contributed by atoms with Gasteiger partial charge in [-0.2, -0.15) is 11.8 Å². The van der Waals surface area contributed by atoms with Crippen molar-refractivity contribution in [1.82, 2.24) is 9.55 Å². The summed E-state index contributed by atoms with van der Waals surface area (Å²) in [6, 6.07) is 6.28. The van der Waals surface area contributed by atoms with Crippen LogP contribution in [0.3, 0.4) is 0 Å². The Bertz CT molecular complexity index is 634. The van der Waals surface area contributed by atoms with Crippen molar-refractivity contribution in [2.75, 3.05) is 6.26 Å². The maximum atomic E-state index is 5.47. The van der Waals surface area contributed by atoms with Gasteiger partial charge in [0.1, 0.15) is 0 Å². The zero-order chi connectivity index (χ0) is 12.8. The zero-order valence-corrected chi connectivity index (χ0v) is 13.4. The van der Waals surface area contributed by atoms with E-state index in [1.807, 2.05) is 17.8 Å². The van der Waals surface area contributed by atoms with Gasteiger partial charge in [0.05, 0.1) is 11.0 Å². The predicted molar refractivity (Wildman–Crippen MR) is 84.9 cm³/mol. The Morgan fingerprint density at radius 3 is 2.89 bits per heavy atom. The van der Waals surface area contributed by atoms with Crippen LogP contribution in [-0.2, 0) is 6.54 Å². The fraction of sp³-hybridized carbons (Fsp3) is 0.462. The van der Waals surface area contributed by atoms with Gasteiger partial charge in [-0.1, -0.05) is 22.4 Å². The van der Waals surface area contributed by atoms with Crippen molar-refractivity contribution in [3.63, 3.8) is 0 Å². The number of thioether (sulfide) groups is 1. The smallest absolute Gasteiger partial charge is 0.178 e. The highest BCUT2D eigenvalue weighted by Crippen LogP contribution is 2.44. The van der Waals surface area contributed by atoms with Crippen LogP contribution in [0.15, 0.2) is 22.7 Å². The van der Waals surface area contributed by atoms with E-state index in [-0.39, 0.29) is 0 Å². The second kappa shape index (κ2) is 4.69. The van der Waals surface area contributed by atoms with Gasteiger partial charge in [-0.15, -0.1) is 0 Å². The molecule has 2 nitrogen and oxygen atoms in total. The Hall–Kier alpha value is -0.260. The number of aromatic amines is 1. The maximum absolute atomic E-state index is 5.47. The lowest BCUT2D eigenvalue weighted by atomic mass is 9.84. The lowest BCUT2D eigenvalue weighted by molar-refractivity contribution is 0.323. The summed E-state index contributed by atoms with van der Waals surface area (Å²) in [5, 5.41) is 0. The summed E-state index contributed by atoms with van der Waals surface area (Å²) in [5.74, 6) is 0. The number of H-pyrrole nitrogens is 1. The minimum atomic E-state index is 0.398. The van der Waals surface area contributed by atoms with Crippen LogP contribution in [-0.4, -0.2) is 20.6 Å². The maximum Gasteiger partial charge on any atom is 0.178 e.